The van der Waals surface area contributed by atoms with E-state index in [1.807, 2.05) is 30.3 Å². The third-order valence-corrected chi connectivity index (χ3v) is 4.62. The molecular formula is C20H22N2O3. The van der Waals surface area contributed by atoms with E-state index in [-0.39, 0.29) is 6.04 Å². The first-order valence-electron chi connectivity index (χ1n) is 8.48. The van der Waals surface area contributed by atoms with E-state index in [0.29, 0.717) is 17.4 Å². The molecule has 0 aliphatic heterocycles. The zero-order valence-electron chi connectivity index (χ0n) is 14.2. The van der Waals surface area contributed by atoms with Gasteiger partial charge in [0.15, 0.2) is 0 Å². The molecular weight excluding hydrogens is 316 g/mol. The average Bonchev–Trinajstić information content (AvgIpc) is 2.61. The maximum absolute atomic E-state index is 12.4. The molecule has 3 rings (SSSR count). The van der Waals surface area contributed by atoms with Crippen LogP contribution in [0.25, 0.3) is 0 Å². The van der Waals surface area contributed by atoms with Crippen LogP contribution in [0.5, 0.6) is 5.75 Å². The van der Waals surface area contributed by atoms with E-state index < -0.39 is 11.8 Å². The minimum atomic E-state index is -0.662. The van der Waals surface area contributed by atoms with Gasteiger partial charge in [-0.25, -0.2) is 0 Å². The van der Waals surface area contributed by atoms with Crippen molar-refractivity contribution < 1.29 is 14.3 Å². The summed E-state index contributed by atoms with van der Waals surface area (Å²) in [5.74, 6) is -0.196. The van der Waals surface area contributed by atoms with Gasteiger partial charge >= 0.3 is 11.8 Å². The molecule has 1 atom stereocenters. The van der Waals surface area contributed by atoms with Crippen LogP contribution >= 0.6 is 0 Å². The highest BCUT2D eigenvalue weighted by atomic mass is 16.5. The molecule has 0 unspecified atom stereocenters. The van der Waals surface area contributed by atoms with Crippen molar-refractivity contribution in [2.75, 3.05) is 12.4 Å². The summed E-state index contributed by atoms with van der Waals surface area (Å²) >= 11 is 0. The molecule has 0 radical (unpaired) electrons. The Labute approximate surface area is 147 Å². The lowest BCUT2D eigenvalue weighted by Crippen LogP contribution is -2.41. The number of hydrogen-bond acceptors (Lipinski definition) is 3. The highest BCUT2D eigenvalue weighted by Gasteiger charge is 2.31. The molecule has 1 fully saturated rings. The monoisotopic (exact) mass is 338 g/mol. The largest absolute Gasteiger partial charge is 0.497 e. The number of ether oxygens (including phenoxy) is 1. The Hall–Kier alpha value is -2.82. The van der Waals surface area contributed by atoms with Gasteiger partial charge in [-0.1, -0.05) is 36.8 Å². The molecule has 0 spiro atoms. The van der Waals surface area contributed by atoms with Crippen LogP contribution in [0.3, 0.4) is 0 Å². The summed E-state index contributed by atoms with van der Waals surface area (Å²) in [7, 11) is 1.57. The standard InChI is InChI=1S/C20H22N2O3/c1-25-17-12-10-16(11-13-17)21-19(23)20(24)22-18(15-8-5-9-15)14-6-3-2-4-7-14/h2-4,6-7,10-13,15,18H,5,8-9H2,1H3,(H,21,23)(H,22,24)/t18-/m1/s1. The Kier molecular flexibility index (Phi) is 5.33. The number of rotatable bonds is 5. The minimum Gasteiger partial charge on any atom is -0.497 e. The van der Waals surface area contributed by atoms with Gasteiger partial charge in [-0.3, -0.25) is 9.59 Å². The molecule has 0 heterocycles. The normalized spacial score (nSPS) is 14.9. The number of carbonyl (C=O) groups excluding carboxylic acids is 2. The van der Waals surface area contributed by atoms with E-state index in [9.17, 15) is 9.59 Å². The quantitative estimate of drug-likeness (QED) is 0.822. The van der Waals surface area contributed by atoms with Crippen LogP contribution in [0.2, 0.25) is 0 Å². The molecule has 5 heteroatoms. The number of hydrogen-bond donors (Lipinski definition) is 2. The van der Waals surface area contributed by atoms with Crippen LogP contribution in [0.1, 0.15) is 30.9 Å². The highest BCUT2D eigenvalue weighted by molar-refractivity contribution is 6.39. The SMILES string of the molecule is COc1ccc(NC(=O)C(=O)N[C@H](c2ccccc2)C2CCC2)cc1. The van der Waals surface area contributed by atoms with Gasteiger partial charge in [-0.2, -0.15) is 0 Å². The lowest BCUT2D eigenvalue weighted by molar-refractivity contribution is -0.137. The van der Waals surface area contributed by atoms with Gasteiger partial charge in [0.25, 0.3) is 0 Å². The van der Waals surface area contributed by atoms with Gasteiger partial charge in [0, 0.05) is 5.69 Å². The number of methoxy groups -OCH3 is 1. The van der Waals surface area contributed by atoms with Gasteiger partial charge in [0.05, 0.1) is 13.2 Å². The molecule has 0 aromatic heterocycles. The van der Waals surface area contributed by atoms with Crippen molar-refractivity contribution in [3.63, 3.8) is 0 Å². The first kappa shape index (κ1) is 17.0. The number of benzene rings is 2. The molecule has 1 aliphatic carbocycles. The second-order valence-electron chi connectivity index (χ2n) is 6.24. The van der Waals surface area contributed by atoms with E-state index in [4.69, 9.17) is 4.74 Å². The molecule has 1 aliphatic rings. The Bertz CT molecular complexity index is 724. The summed E-state index contributed by atoms with van der Waals surface area (Å²) in [6.45, 7) is 0. The van der Waals surface area contributed by atoms with E-state index in [1.54, 1.807) is 31.4 Å². The van der Waals surface area contributed by atoms with Crippen molar-refractivity contribution in [2.45, 2.75) is 25.3 Å². The molecule has 130 valence electrons. The predicted octanol–water partition coefficient (Wildman–Crippen LogP) is 3.29. The molecule has 0 saturated heterocycles. The highest BCUT2D eigenvalue weighted by Crippen LogP contribution is 2.37. The van der Waals surface area contributed by atoms with Crippen molar-refractivity contribution in [1.82, 2.24) is 5.32 Å². The van der Waals surface area contributed by atoms with Crippen LogP contribution < -0.4 is 15.4 Å². The Morgan fingerprint density at radius 2 is 1.68 bits per heavy atom. The Morgan fingerprint density at radius 3 is 2.24 bits per heavy atom. The van der Waals surface area contributed by atoms with Crippen LogP contribution in [-0.2, 0) is 9.59 Å². The fraction of sp³-hybridized carbons (Fsp3) is 0.300. The first-order chi connectivity index (χ1) is 12.2. The third-order valence-electron chi connectivity index (χ3n) is 4.62. The zero-order valence-corrected chi connectivity index (χ0v) is 14.2. The van der Waals surface area contributed by atoms with Crippen LogP contribution in [0, 0.1) is 5.92 Å². The Morgan fingerprint density at radius 1 is 1.00 bits per heavy atom. The van der Waals surface area contributed by atoms with Gasteiger partial charge in [0.2, 0.25) is 0 Å². The summed E-state index contributed by atoms with van der Waals surface area (Å²) in [5, 5.41) is 5.52. The predicted molar refractivity (Wildman–Crippen MR) is 96.3 cm³/mol. The molecule has 2 N–H and O–H groups in total. The van der Waals surface area contributed by atoms with E-state index in [1.165, 1.54) is 6.42 Å². The summed E-state index contributed by atoms with van der Waals surface area (Å²) < 4.78 is 5.08. The van der Waals surface area contributed by atoms with Gasteiger partial charge in [-0.05, 0) is 48.6 Å². The number of anilines is 1. The van der Waals surface area contributed by atoms with Crippen molar-refractivity contribution in [3.8, 4) is 5.75 Å². The number of amides is 2. The Balaban J connectivity index is 1.65. The second-order valence-corrected chi connectivity index (χ2v) is 6.24. The molecule has 0 bridgehead atoms. The summed E-state index contributed by atoms with van der Waals surface area (Å²) in [6, 6.07) is 16.6. The number of carbonyl (C=O) groups is 2. The fourth-order valence-corrected chi connectivity index (χ4v) is 2.98. The smallest absolute Gasteiger partial charge is 0.313 e. The summed E-state index contributed by atoms with van der Waals surface area (Å²) in [5.41, 5.74) is 1.60. The molecule has 1 saturated carbocycles. The second kappa shape index (κ2) is 7.83. The van der Waals surface area contributed by atoms with Crippen molar-refractivity contribution in [2.24, 2.45) is 5.92 Å². The summed E-state index contributed by atoms with van der Waals surface area (Å²) in [6.07, 6.45) is 3.31. The van der Waals surface area contributed by atoms with Crippen molar-refractivity contribution in [1.29, 1.82) is 0 Å². The molecule has 2 aromatic carbocycles. The van der Waals surface area contributed by atoms with E-state index >= 15 is 0 Å². The molecule has 2 aromatic rings. The van der Waals surface area contributed by atoms with Gasteiger partial charge < -0.3 is 15.4 Å². The van der Waals surface area contributed by atoms with E-state index in [2.05, 4.69) is 10.6 Å². The zero-order chi connectivity index (χ0) is 17.6. The van der Waals surface area contributed by atoms with Gasteiger partial charge in [0.1, 0.15) is 5.75 Å². The first-order valence-corrected chi connectivity index (χ1v) is 8.48. The lowest BCUT2D eigenvalue weighted by atomic mass is 9.77. The molecule has 2 amide bonds. The van der Waals surface area contributed by atoms with E-state index in [0.717, 1.165) is 18.4 Å². The molecule has 5 nitrogen and oxygen atoms in total. The molecule has 25 heavy (non-hydrogen) atoms. The topological polar surface area (TPSA) is 67.4 Å². The van der Waals surface area contributed by atoms with Crippen LogP contribution in [0.15, 0.2) is 54.6 Å². The van der Waals surface area contributed by atoms with Crippen LogP contribution in [0.4, 0.5) is 5.69 Å². The van der Waals surface area contributed by atoms with Crippen molar-refractivity contribution >= 4 is 17.5 Å². The minimum absolute atomic E-state index is 0.121. The maximum atomic E-state index is 12.4. The lowest BCUT2D eigenvalue weighted by Gasteiger charge is -2.34. The van der Waals surface area contributed by atoms with Crippen molar-refractivity contribution in [3.05, 3.63) is 60.2 Å². The average molecular weight is 338 g/mol. The summed E-state index contributed by atoms with van der Waals surface area (Å²) in [4.78, 5) is 24.6. The third kappa shape index (κ3) is 4.18. The van der Waals surface area contributed by atoms with Gasteiger partial charge in [-0.15, -0.1) is 0 Å². The van der Waals surface area contributed by atoms with Crippen LogP contribution in [-0.4, -0.2) is 18.9 Å². The number of nitrogens with one attached hydrogen (secondary N) is 2. The fourth-order valence-electron chi connectivity index (χ4n) is 2.98. The maximum Gasteiger partial charge on any atom is 0.313 e.